The summed E-state index contributed by atoms with van der Waals surface area (Å²) in [5, 5.41) is 3.49. The molecular weight excluding hydrogens is 220 g/mol. The fourth-order valence-electron chi connectivity index (χ4n) is 1.91. The molecule has 0 atom stereocenters. The third-order valence-electron chi connectivity index (χ3n) is 3.34. The highest BCUT2D eigenvalue weighted by Crippen LogP contribution is 2.25. The maximum absolute atomic E-state index is 5.62. The Morgan fingerprint density at radius 1 is 1.00 bits per heavy atom. The number of rotatable bonds is 5. The first-order valence-corrected chi connectivity index (χ1v) is 6.79. The Morgan fingerprint density at radius 2 is 1.56 bits per heavy atom. The average molecular weight is 248 g/mol. The molecule has 102 valence electrons. The first kappa shape index (κ1) is 15.0. The van der Waals surface area contributed by atoms with Crippen molar-refractivity contribution in [1.29, 1.82) is 0 Å². The third-order valence-corrected chi connectivity index (χ3v) is 3.34. The van der Waals surface area contributed by atoms with Crippen LogP contribution in [0.1, 0.15) is 46.6 Å². The quantitative estimate of drug-likeness (QED) is 0.832. The van der Waals surface area contributed by atoms with Crippen molar-refractivity contribution in [1.82, 2.24) is 0 Å². The van der Waals surface area contributed by atoms with Gasteiger partial charge in [-0.25, -0.2) is 0 Å². The van der Waals surface area contributed by atoms with Gasteiger partial charge in [0.05, 0.1) is 0 Å². The number of hydrogen-bond donors (Lipinski definition) is 2. The molecule has 1 rings (SSSR count). The Bertz CT molecular complexity index is 358. The number of hydrogen-bond acceptors (Lipinski definition) is 2. The van der Waals surface area contributed by atoms with E-state index in [0.29, 0.717) is 0 Å². The smallest absolute Gasteiger partial charge is 0.0340 e. The van der Waals surface area contributed by atoms with Crippen molar-refractivity contribution in [2.75, 3.05) is 18.4 Å². The average Bonchev–Trinajstić information content (AvgIpc) is 2.26. The Balaban J connectivity index is 2.60. The van der Waals surface area contributed by atoms with Crippen LogP contribution in [-0.2, 0) is 5.41 Å². The van der Waals surface area contributed by atoms with Crippen LogP contribution in [0.15, 0.2) is 24.3 Å². The molecule has 0 aliphatic carbocycles. The van der Waals surface area contributed by atoms with Crippen molar-refractivity contribution in [3.8, 4) is 0 Å². The monoisotopic (exact) mass is 248 g/mol. The van der Waals surface area contributed by atoms with Crippen molar-refractivity contribution in [3.63, 3.8) is 0 Å². The molecule has 0 unspecified atom stereocenters. The lowest BCUT2D eigenvalue weighted by molar-refractivity contribution is 0.365. The molecule has 2 nitrogen and oxygen atoms in total. The lowest BCUT2D eigenvalue weighted by Gasteiger charge is -2.25. The lowest BCUT2D eigenvalue weighted by atomic mass is 9.87. The molecule has 0 aliphatic heterocycles. The van der Waals surface area contributed by atoms with Gasteiger partial charge in [-0.05, 0) is 41.5 Å². The largest absolute Gasteiger partial charge is 0.385 e. The second-order valence-corrected chi connectivity index (χ2v) is 6.88. The summed E-state index contributed by atoms with van der Waals surface area (Å²) >= 11 is 0. The van der Waals surface area contributed by atoms with E-state index in [1.165, 1.54) is 11.3 Å². The molecule has 0 amide bonds. The van der Waals surface area contributed by atoms with Gasteiger partial charge in [-0.2, -0.15) is 0 Å². The molecule has 0 saturated heterocycles. The van der Waals surface area contributed by atoms with Gasteiger partial charge in [0, 0.05) is 12.2 Å². The summed E-state index contributed by atoms with van der Waals surface area (Å²) in [6, 6.07) is 8.74. The van der Waals surface area contributed by atoms with E-state index in [4.69, 9.17) is 5.73 Å². The van der Waals surface area contributed by atoms with Crippen LogP contribution in [0.4, 0.5) is 5.69 Å². The summed E-state index contributed by atoms with van der Waals surface area (Å²) in [4.78, 5) is 0. The summed E-state index contributed by atoms with van der Waals surface area (Å²) < 4.78 is 0. The van der Waals surface area contributed by atoms with Gasteiger partial charge >= 0.3 is 0 Å². The zero-order valence-corrected chi connectivity index (χ0v) is 12.5. The van der Waals surface area contributed by atoms with Crippen molar-refractivity contribution in [3.05, 3.63) is 29.8 Å². The molecule has 0 aromatic heterocycles. The summed E-state index contributed by atoms with van der Waals surface area (Å²) in [6.45, 7) is 12.9. The SMILES string of the molecule is CC(C)(CCN)CNc1ccc(C(C)(C)C)cc1. The Morgan fingerprint density at radius 3 is 2.00 bits per heavy atom. The zero-order chi connectivity index (χ0) is 13.8. The highest BCUT2D eigenvalue weighted by Gasteiger charge is 2.16. The molecule has 0 aliphatic rings. The van der Waals surface area contributed by atoms with Gasteiger partial charge in [0.25, 0.3) is 0 Å². The van der Waals surface area contributed by atoms with Crippen LogP contribution >= 0.6 is 0 Å². The molecule has 0 heterocycles. The second kappa shape index (κ2) is 5.75. The molecule has 2 heteroatoms. The van der Waals surface area contributed by atoms with Crippen LogP contribution in [-0.4, -0.2) is 13.1 Å². The third kappa shape index (κ3) is 4.69. The van der Waals surface area contributed by atoms with Gasteiger partial charge in [-0.15, -0.1) is 0 Å². The van der Waals surface area contributed by atoms with Crippen LogP contribution in [0, 0.1) is 5.41 Å². The van der Waals surface area contributed by atoms with E-state index in [1.807, 2.05) is 0 Å². The van der Waals surface area contributed by atoms with Crippen LogP contribution in [0.5, 0.6) is 0 Å². The van der Waals surface area contributed by atoms with E-state index in [-0.39, 0.29) is 10.8 Å². The fraction of sp³-hybridized carbons (Fsp3) is 0.625. The van der Waals surface area contributed by atoms with E-state index in [1.54, 1.807) is 0 Å². The first-order chi connectivity index (χ1) is 8.24. The van der Waals surface area contributed by atoms with Gasteiger partial charge in [0.2, 0.25) is 0 Å². The highest BCUT2D eigenvalue weighted by atomic mass is 14.9. The Hall–Kier alpha value is -1.02. The zero-order valence-electron chi connectivity index (χ0n) is 12.5. The topological polar surface area (TPSA) is 38.0 Å². The van der Waals surface area contributed by atoms with Crippen LogP contribution < -0.4 is 11.1 Å². The number of anilines is 1. The van der Waals surface area contributed by atoms with Crippen LogP contribution in [0.25, 0.3) is 0 Å². The van der Waals surface area contributed by atoms with Crippen molar-refractivity contribution >= 4 is 5.69 Å². The Kier molecular flexibility index (Phi) is 4.80. The molecule has 1 aromatic rings. The normalized spacial score (nSPS) is 12.6. The summed E-state index contributed by atoms with van der Waals surface area (Å²) in [5.74, 6) is 0. The molecule has 0 saturated carbocycles. The Labute approximate surface area is 112 Å². The van der Waals surface area contributed by atoms with Gasteiger partial charge in [-0.1, -0.05) is 46.8 Å². The molecular formula is C16H28N2. The predicted molar refractivity (Wildman–Crippen MR) is 81.1 cm³/mol. The molecule has 0 bridgehead atoms. The van der Waals surface area contributed by atoms with E-state index in [0.717, 1.165) is 19.5 Å². The lowest BCUT2D eigenvalue weighted by Crippen LogP contribution is -2.26. The number of benzene rings is 1. The van der Waals surface area contributed by atoms with Crippen molar-refractivity contribution < 1.29 is 0 Å². The highest BCUT2D eigenvalue weighted by molar-refractivity contribution is 5.45. The number of nitrogens with two attached hydrogens (primary N) is 1. The van der Waals surface area contributed by atoms with Crippen LogP contribution in [0.2, 0.25) is 0 Å². The number of nitrogens with one attached hydrogen (secondary N) is 1. The summed E-state index contributed by atoms with van der Waals surface area (Å²) in [5.41, 5.74) is 8.65. The van der Waals surface area contributed by atoms with Gasteiger partial charge in [0.1, 0.15) is 0 Å². The predicted octanol–water partition coefficient (Wildman–Crippen LogP) is 3.77. The van der Waals surface area contributed by atoms with Crippen molar-refractivity contribution in [2.24, 2.45) is 11.1 Å². The minimum absolute atomic E-state index is 0.220. The van der Waals surface area contributed by atoms with E-state index < -0.39 is 0 Å². The summed E-state index contributed by atoms with van der Waals surface area (Å²) in [6.07, 6.45) is 1.04. The van der Waals surface area contributed by atoms with E-state index >= 15 is 0 Å². The minimum atomic E-state index is 0.220. The molecule has 0 spiro atoms. The van der Waals surface area contributed by atoms with Gasteiger partial charge in [0.15, 0.2) is 0 Å². The molecule has 0 fully saturated rings. The summed E-state index contributed by atoms with van der Waals surface area (Å²) in [7, 11) is 0. The molecule has 1 aromatic carbocycles. The standard InChI is InChI=1S/C16H28N2/c1-15(2,3)13-6-8-14(9-7-13)18-12-16(4,5)10-11-17/h6-9,18H,10-12,17H2,1-5H3. The molecule has 3 N–H and O–H groups in total. The van der Waals surface area contributed by atoms with Gasteiger partial charge in [-0.3, -0.25) is 0 Å². The molecule has 18 heavy (non-hydrogen) atoms. The fourth-order valence-corrected chi connectivity index (χ4v) is 1.91. The maximum atomic E-state index is 5.62. The molecule has 0 radical (unpaired) electrons. The van der Waals surface area contributed by atoms with Crippen molar-refractivity contribution in [2.45, 2.75) is 46.5 Å². The second-order valence-electron chi connectivity index (χ2n) is 6.88. The first-order valence-electron chi connectivity index (χ1n) is 6.79. The van der Waals surface area contributed by atoms with E-state index in [9.17, 15) is 0 Å². The maximum Gasteiger partial charge on any atom is 0.0340 e. The van der Waals surface area contributed by atoms with Crippen LogP contribution in [0.3, 0.4) is 0 Å². The minimum Gasteiger partial charge on any atom is -0.385 e. The van der Waals surface area contributed by atoms with Gasteiger partial charge < -0.3 is 11.1 Å². The van der Waals surface area contributed by atoms with E-state index in [2.05, 4.69) is 64.2 Å².